The van der Waals surface area contributed by atoms with Gasteiger partial charge in [0.25, 0.3) is 10.0 Å². The Labute approximate surface area is 160 Å². The maximum Gasteiger partial charge on any atom is 0.343 e. The van der Waals surface area contributed by atoms with Gasteiger partial charge in [-0.25, -0.2) is 22.0 Å². The van der Waals surface area contributed by atoms with Crippen LogP contribution in [-0.4, -0.2) is 17.0 Å². The monoisotopic (exact) mass is 405 g/mol. The van der Waals surface area contributed by atoms with Crippen molar-refractivity contribution in [3.63, 3.8) is 0 Å². The molecule has 28 heavy (non-hydrogen) atoms. The molecule has 0 fully saturated rings. The van der Waals surface area contributed by atoms with Crippen molar-refractivity contribution in [1.29, 1.82) is 0 Å². The Hall–Kier alpha value is -3.07. The number of hydrogen-bond donors (Lipinski definition) is 0. The van der Waals surface area contributed by atoms with Crippen molar-refractivity contribution in [3.8, 4) is 0 Å². The van der Waals surface area contributed by atoms with Crippen molar-refractivity contribution in [1.82, 2.24) is 8.54 Å². The molecule has 0 bridgehead atoms. The van der Waals surface area contributed by atoms with E-state index in [2.05, 4.69) is 4.99 Å². The molecule has 1 heterocycles. The summed E-state index contributed by atoms with van der Waals surface area (Å²) in [7, 11) is -3.08. The predicted molar refractivity (Wildman–Crippen MR) is 99.1 cm³/mol. The van der Waals surface area contributed by atoms with Crippen LogP contribution in [0.1, 0.15) is 11.1 Å². The van der Waals surface area contributed by atoms with Crippen molar-refractivity contribution in [3.05, 3.63) is 93.5 Å². The van der Waals surface area contributed by atoms with Crippen molar-refractivity contribution in [2.75, 3.05) is 0 Å². The topological polar surface area (TPSA) is 73.4 Å². The Morgan fingerprint density at radius 3 is 2.43 bits per heavy atom. The second kappa shape index (κ2) is 7.51. The van der Waals surface area contributed by atoms with Crippen LogP contribution in [0.5, 0.6) is 0 Å². The summed E-state index contributed by atoms with van der Waals surface area (Å²) in [6.07, 6.45) is 0.584. The molecule has 0 saturated carbocycles. The zero-order valence-electron chi connectivity index (χ0n) is 15.1. The van der Waals surface area contributed by atoms with Gasteiger partial charge in [-0.15, -0.1) is 0 Å². The number of benzene rings is 2. The van der Waals surface area contributed by atoms with E-state index in [0.717, 1.165) is 4.57 Å². The number of nitrogens with zero attached hydrogens (tertiary/aromatic N) is 3. The maximum atomic E-state index is 14.6. The van der Waals surface area contributed by atoms with Gasteiger partial charge in [0.05, 0.1) is 17.6 Å². The van der Waals surface area contributed by atoms with E-state index in [4.69, 9.17) is 0 Å². The molecule has 0 N–H and O–H groups in total. The van der Waals surface area contributed by atoms with Crippen molar-refractivity contribution in [2.45, 2.75) is 18.4 Å². The van der Waals surface area contributed by atoms with E-state index in [1.54, 1.807) is 19.1 Å². The Morgan fingerprint density at radius 2 is 1.75 bits per heavy atom. The first kappa shape index (κ1) is 19.7. The third-order valence-electron chi connectivity index (χ3n) is 4.14. The van der Waals surface area contributed by atoms with Gasteiger partial charge in [-0.2, -0.15) is 3.97 Å². The normalized spacial score (nSPS) is 12.4. The average Bonchev–Trinajstić information content (AvgIpc) is 2.65. The van der Waals surface area contributed by atoms with Gasteiger partial charge in [0, 0.05) is 12.6 Å². The average molecular weight is 405 g/mol. The second-order valence-electron chi connectivity index (χ2n) is 6.17. The molecule has 0 amide bonds. The molecule has 9 heteroatoms. The van der Waals surface area contributed by atoms with E-state index in [9.17, 15) is 22.0 Å². The Bertz CT molecular complexity index is 1280. The molecule has 0 radical (unpaired) electrons. The predicted octanol–water partition coefficient (Wildman–Crippen LogP) is 2.11. The number of rotatable bonds is 4. The van der Waals surface area contributed by atoms with Gasteiger partial charge in [0.15, 0.2) is 11.3 Å². The minimum absolute atomic E-state index is 0.134. The summed E-state index contributed by atoms with van der Waals surface area (Å²) in [5.74, 6) is -1.53. The van der Waals surface area contributed by atoms with Crippen molar-refractivity contribution in [2.24, 2.45) is 12.0 Å². The summed E-state index contributed by atoms with van der Waals surface area (Å²) >= 11 is 0. The smallest absolute Gasteiger partial charge is 0.278 e. The molecule has 0 aliphatic heterocycles. The van der Waals surface area contributed by atoms with Crippen LogP contribution in [0.3, 0.4) is 0 Å². The molecule has 1 aromatic heterocycles. The molecule has 0 saturated heterocycles. The summed E-state index contributed by atoms with van der Waals surface area (Å²) in [5, 5.41) is 0. The first-order chi connectivity index (χ1) is 13.2. The molecule has 146 valence electrons. The highest BCUT2D eigenvalue weighted by Gasteiger charge is 2.21. The molecular weight excluding hydrogens is 388 g/mol. The van der Waals surface area contributed by atoms with Crippen LogP contribution < -0.4 is 11.2 Å². The lowest BCUT2D eigenvalue weighted by molar-refractivity contribution is 0.533. The van der Waals surface area contributed by atoms with Crippen LogP contribution in [0.25, 0.3) is 0 Å². The van der Waals surface area contributed by atoms with Crippen molar-refractivity contribution >= 4 is 10.0 Å². The summed E-state index contributed by atoms with van der Waals surface area (Å²) in [6, 6.07) is 11.8. The van der Waals surface area contributed by atoms with Crippen LogP contribution in [0.2, 0.25) is 0 Å². The summed E-state index contributed by atoms with van der Waals surface area (Å²) in [6.45, 7) is 1.50. The fourth-order valence-corrected chi connectivity index (χ4v) is 4.02. The van der Waals surface area contributed by atoms with Gasteiger partial charge in [-0.05, 0) is 30.7 Å². The highest BCUT2D eigenvalue weighted by atomic mass is 32.2. The van der Waals surface area contributed by atoms with Crippen molar-refractivity contribution < 1.29 is 17.2 Å². The zero-order chi connectivity index (χ0) is 20.5. The van der Waals surface area contributed by atoms with Gasteiger partial charge >= 0.3 is 5.69 Å². The highest BCUT2D eigenvalue weighted by Crippen LogP contribution is 2.13. The molecule has 0 aliphatic rings. The quantitative estimate of drug-likeness (QED) is 0.667. The molecule has 6 nitrogen and oxygen atoms in total. The molecule has 0 atom stereocenters. The summed E-state index contributed by atoms with van der Waals surface area (Å²) in [4.78, 5) is 16.4. The molecule has 0 unspecified atom stereocenters. The third-order valence-corrected chi connectivity index (χ3v) is 5.77. The van der Waals surface area contributed by atoms with Crippen LogP contribution in [-0.2, 0) is 23.6 Å². The lowest BCUT2D eigenvalue weighted by atomic mass is 10.2. The molecule has 0 spiro atoms. The second-order valence-corrected chi connectivity index (χ2v) is 7.98. The van der Waals surface area contributed by atoms with E-state index in [0.29, 0.717) is 15.7 Å². The third kappa shape index (κ3) is 3.65. The van der Waals surface area contributed by atoms with E-state index >= 15 is 0 Å². The SMILES string of the molecule is Cc1cccc(S(=O)(=O)n2cc(F)/c(=N\Cc3ccccc3F)n(C)c2=O)c1. The van der Waals surface area contributed by atoms with Gasteiger partial charge in [-0.3, -0.25) is 9.56 Å². The van der Waals surface area contributed by atoms with Crippen LogP contribution in [0, 0.1) is 18.6 Å². The van der Waals surface area contributed by atoms with Crippen LogP contribution >= 0.6 is 0 Å². The fourth-order valence-electron chi connectivity index (χ4n) is 2.64. The van der Waals surface area contributed by atoms with Gasteiger partial charge < -0.3 is 0 Å². The minimum Gasteiger partial charge on any atom is -0.278 e. The largest absolute Gasteiger partial charge is 0.343 e. The van der Waals surface area contributed by atoms with Crippen LogP contribution in [0.4, 0.5) is 8.78 Å². The number of halogens is 2. The Balaban J connectivity index is 2.12. The fraction of sp³-hybridized carbons (Fsp3) is 0.158. The minimum atomic E-state index is -4.29. The number of hydrogen-bond acceptors (Lipinski definition) is 4. The first-order valence-electron chi connectivity index (χ1n) is 8.26. The standard InChI is InChI=1S/C19H17F2N3O3S/c1-13-6-5-8-15(10-13)28(26,27)24-12-17(21)18(23(2)19(24)25)22-11-14-7-3-4-9-16(14)20/h3-10,12H,11H2,1-2H3/b22-18+. The molecular formula is C19H17F2N3O3S. The highest BCUT2D eigenvalue weighted by molar-refractivity contribution is 7.90. The number of aryl methyl sites for hydroxylation is 1. The zero-order valence-corrected chi connectivity index (χ0v) is 16.0. The summed E-state index contributed by atoms with van der Waals surface area (Å²) < 4.78 is 54.9. The lowest BCUT2D eigenvalue weighted by Crippen LogP contribution is -2.42. The maximum absolute atomic E-state index is 14.6. The van der Waals surface area contributed by atoms with E-state index in [1.165, 1.54) is 43.4 Å². The Morgan fingerprint density at radius 1 is 1.04 bits per heavy atom. The molecule has 3 rings (SSSR count). The van der Waals surface area contributed by atoms with Crippen LogP contribution in [0.15, 0.2) is 69.4 Å². The lowest BCUT2D eigenvalue weighted by Gasteiger charge is -2.11. The van der Waals surface area contributed by atoms with Gasteiger partial charge in [0.2, 0.25) is 0 Å². The molecule has 0 aliphatic carbocycles. The first-order valence-corrected chi connectivity index (χ1v) is 9.70. The van der Waals surface area contributed by atoms with Gasteiger partial charge in [0.1, 0.15) is 5.82 Å². The van der Waals surface area contributed by atoms with E-state index in [-0.39, 0.29) is 22.5 Å². The summed E-state index contributed by atoms with van der Waals surface area (Å²) in [5.41, 5.74) is -0.465. The molecule has 2 aromatic carbocycles. The molecule has 3 aromatic rings. The van der Waals surface area contributed by atoms with E-state index < -0.39 is 27.3 Å². The van der Waals surface area contributed by atoms with Gasteiger partial charge in [-0.1, -0.05) is 30.3 Å². The van der Waals surface area contributed by atoms with E-state index in [1.807, 2.05) is 0 Å². The number of aromatic nitrogens is 2. The Kier molecular flexibility index (Phi) is 5.28.